The average molecular weight is 412 g/mol. The topological polar surface area (TPSA) is 96.0 Å². The second-order valence-corrected chi connectivity index (χ2v) is 8.40. The molecule has 0 radical (unpaired) electrons. The van der Waals surface area contributed by atoms with E-state index < -0.39 is 6.09 Å². The number of benzene rings is 1. The maximum absolute atomic E-state index is 11.0. The molecule has 2 fully saturated rings. The van der Waals surface area contributed by atoms with E-state index in [1.54, 1.807) is 0 Å². The van der Waals surface area contributed by atoms with Crippen molar-refractivity contribution in [3.63, 3.8) is 0 Å². The smallest absolute Gasteiger partial charge is 0.407 e. The summed E-state index contributed by atoms with van der Waals surface area (Å²) >= 11 is 0. The number of likely N-dealkylation sites (tertiary alicyclic amines) is 1. The Morgan fingerprint density at radius 3 is 2.77 bits per heavy atom. The molecular formula is C23H28N2O5. The van der Waals surface area contributed by atoms with Crippen LogP contribution in [0.15, 0.2) is 16.7 Å². The first-order valence-corrected chi connectivity index (χ1v) is 10.6. The number of amides is 1. The molecule has 30 heavy (non-hydrogen) atoms. The number of piperidine rings is 1. The summed E-state index contributed by atoms with van der Waals surface area (Å²) in [6, 6.07) is 3.84. The second kappa shape index (κ2) is 8.57. The molecule has 1 saturated carbocycles. The van der Waals surface area contributed by atoms with Crippen LogP contribution in [0.25, 0.3) is 11.0 Å². The summed E-state index contributed by atoms with van der Waals surface area (Å²) in [5.41, 5.74) is 2.04. The van der Waals surface area contributed by atoms with Crippen molar-refractivity contribution in [3.8, 4) is 17.6 Å². The molecule has 0 spiro atoms. The molecule has 0 atom stereocenters. The van der Waals surface area contributed by atoms with Gasteiger partial charge in [-0.2, -0.15) is 0 Å². The predicted molar refractivity (Wildman–Crippen MR) is 111 cm³/mol. The first-order valence-electron chi connectivity index (χ1n) is 10.6. The standard InChI is InChI=1S/C23H28N2O5/c1-2-9-23(10-11-23)15-29-20-6-4-17-19(24-30-21(17)18(20)14-26)5-3-16-7-12-25(13-8-16)22(27)28/h4,6,16,26H,3,5,7-8,10-15H2,1H3,(H,27,28). The Morgan fingerprint density at radius 2 is 2.13 bits per heavy atom. The summed E-state index contributed by atoms with van der Waals surface area (Å²) in [5.74, 6) is 7.32. The van der Waals surface area contributed by atoms with Gasteiger partial charge < -0.3 is 24.4 Å². The molecule has 7 nitrogen and oxygen atoms in total. The van der Waals surface area contributed by atoms with Gasteiger partial charge in [0.2, 0.25) is 0 Å². The number of aromatic nitrogens is 1. The van der Waals surface area contributed by atoms with Crippen molar-refractivity contribution >= 4 is 17.1 Å². The van der Waals surface area contributed by atoms with E-state index in [1.807, 2.05) is 19.1 Å². The summed E-state index contributed by atoms with van der Waals surface area (Å²) in [6.45, 7) is 3.37. The highest BCUT2D eigenvalue weighted by molar-refractivity contribution is 5.84. The average Bonchev–Trinajstić information content (AvgIpc) is 3.40. The molecule has 2 heterocycles. The molecular weight excluding hydrogens is 384 g/mol. The maximum Gasteiger partial charge on any atom is 0.407 e. The van der Waals surface area contributed by atoms with Crippen molar-refractivity contribution in [2.24, 2.45) is 11.3 Å². The number of nitrogens with zero attached hydrogens (tertiary/aromatic N) is 2. The van der Waals surface area contributed by atoms with E-state index in [2.05, 4.69) is 17.0 Å². The zero-order valence-electron chi connectivity index (χ0n) is 17.3. The third kappa shape index (κ3) is 4.24. The SMILES string of the molecule is CC#CC1(COc2ccc3c(CCC4CCN(C(=O)O)CC4)noc3c2CO)CC1. The second-order valence-electron chi connectivity index (χ2n) is 8.40. The van der Waals surface area contributed by atoms with Gasteiger partial charge in [0.05, 0.1) is 23.3 Å². The van der Waals surface area contributed by atoms with E-state index in [-0.39, 0.29) is 12.0 Å². The molecule has 2 aromatic rings. The third-order valence-corrected chi connectivity index (χ3v) is 6.36. The Labute approximate surface area is 176 Å². The Morgan fingerprint density at radius 1 is 1.37 bits per heavy atom. The van der Waals surface area contributed by atoms with Gasteiger partial charge in [-0.25, -0.2) is 4.79 Å². The lowest BCUT2D eigenvalue weighted by Crippen LogP contribution is -2.37. The molecule has 1 aliphatic carbocycles. The molecule has 1 aromatic carbocycles. The normalized spacial score (nSPS) is 18.1. The fourth-order valence-electron chi connectivity index (χ4n) is 4.25. The lowest BCUT2D eigenvalue weighted by atomic mass is 9.91. The van der Waals surface area contributed by atoms with Crippen molar-refractivity contribution in [1.29, 1.82) is 0 Å². The van der Waals surface area contributed by atoms with E-state index in [0.29, 0.717) is 42.5 Å². The van der Waals surface area contributed by atoms with E-state index >= 15 is 0 Å². The highest BCUT2D eigenvalue weighted by atomic mass is 16.5. The predicted octanol–water partition coefficient (Wildman–Crippen LogP) is 3.83. The monoisotopic (exact) mass is 412 g/mol. The molecule has 0 bridgehead atoms. The Bertz CT molecular complexity index is 975. The summed E-state index contributed by atoms with van der Waals surface area (Å²) in [7, 11) is 0. The largest absolute Gasteiger partial charge is 0.491 e. The number of ether oxygens (including phenoxy) is 1. The lowest BCUT2D eigenvalue weighted by Gasteiger charge is -2.29. The zero-order chi connectivity index (χ0) is 21.1. The highest BCUT2D eigenvalue weighted by Crippen LogP contribution is 2.45. The number of fused-ring (bicyclic) bond motifs is 1. The van der Waals surface area contributed by atoms with Crippen LogP contribution in [0.2, 0.25) is 0 Å². The lowest BCUT2D eigenvalue weighted by molar-refractivity contribution is 0.123. The van der Waals surface area contributed by atoms with Gasteiger partial charge in [0.1, 0.15) is 12.4 Å². The Hall–Kier alpha value is -2.72. The van der Waals surface area contributed by atoms with Crippen molar-refractivity contribution in [1.82, 2.24) is 10.1 Å². The van der Waals surface area contributed by atoms with Crippen LogP contribution in [0.1, 0.15) is 50.3 Å². The number of hydrogen-bond acceptors (Lipinski definition) is 5. The van der Waals surface area contributed by atoms with Crippen LogP contribution in [0.4, 0.5) is 4.79 Å². The molecule has 4 rings (SSSR count). The molecule has 1 aromatic heterocycles. The van der Waals surface area contributed by atoms with Gasteiger partial charge in [-0.1, -0.05) is 11.1 Å². The number of rotatable bonds is 7. The number of aliphatic hydroxyl groups is 1. The summed E-state index contributed by atoms with van der Waals surface area (Å²) in [4.78, 5) is 12.5. The summed E-state index contributed by atoms with van der Waals surface area (Å²) in [5, 5.41) is 24.2. The van der Waals surface area contributed by atoms with Crippen LogP contribution < -0.4 is 4.74 Å². The Kier molecular flexibility index (Phi) is 5.87. The first-order chi connectivity index (χ1) is 14.5. The van der Waals surface area contributed by atoms with Crippen molar-refractivity contribution in [2.75, 3.05) is 19.7 Å². The van der Waals surface area contributed by atoms with Crippen molar-refractivity contribution < 1.29 is 24.3 Å². The molecule has 1 amide bonds. The molecule has 1 saturated heterocycles. The van der Waals surface area contributed by atoms with Crippen LogP contribution in [-0.2, 0) is 13.0 Å². The van der Waals surface area contributed by atoms with Crippen molar-refractivity contribution in [2.45, 2.75) is 52.1 Å². The molecule has 160 valence electrons. The number of aliphatic hydroxyl groups excluding tert-OH is 1. The van der Waals surface area contributed by atoms with Gasteiger partial charge in [-0.05, 0) is 63.5 Å². The van der Waals surface area contributed by atoms with Crippen LogP contribution in [0.3, 0.4) is 0 Å². The highest BCUT2D eigenvalue weighted by Gasteiger charge is 2.42. The first kappa shape index (κ1) is 20.5. The van der Waals surface area contributed by atoms with Crippen LogP contribution >= 0.6 is 0 Å². The van der Waals surface area contributed by atoms with E-state index in [4.69, 9.17) is 14.4 Å². The maximum atomic E-state index is 11.0. The minimum Gasteiger partial charge on any atom is -0.491 e. The third-order valence-electron chi connectivity index (χ3n) is 6.36. The van der Waals surface area contributed by atoms with Gasteiger partial charge in [-0.15, -0.1) is 5.92 Å². The van der Waals surface area contributed by atoms with Gasteiger partial charge >= 0.3 is 6.09 Å². The quantitative estimate of drug-likeness (QED) is 0.671. The minimum absolute atomic E-state index is 0.0424. The van der Waals surface area contributed by atoms with Crippen LogP contribution in [0, 0.1) is 23.2 Å². The number of carboxylic acid groups (broad SMARTS) is 1. The molecule has 1 aliphatic heterocycles. The molecule has 0 unspecified atom stereocenters. The zero-order valence-corrected chi connectivity index (χ0v) is 17.3. The van der Waals surface area contributed by atoms with Gasteiger partial charge in [-0.3, -0.25) is 0 Å². The summed E-state index contributed by atoms with van der Waals surface area (Å²) in [6.07, 6.45) is 4.73. The van der Waals surface area contributed by atoms with Crippen LogP contribution in [0.5, 0.6) is 5.75 Å². The van der Waals surface area contributed by atoms with Gasteiger partial charge in [0.15, 0.2) is 5.58 Å². The Balaban J connectivity index is 1.42. The molecule has 2 N–H and O–H groups in total. The number of aryl methyl sites for hydroxylation is 1. The fraction of sp³-hybridized carbons (Fsp3) is 0.565. The van der Waals surface area contributed by atoms with E-state index in [9.17, 15) is 9.90 Å². The molecule has 2 aliphatic rings. The van der Waals surface area contributed by atoms with Gasteiger partial charge in [0.25, 0.3) is 0 Å². The molecule has 7 heteroatoms. The minimum atomic E-state index is -0.833. The van der Waals surface area contributed by atoms with E-state index in [1.165, 1.54) is 4.90 Å². The number of carbonyl (C=O) groups is 1. The fourth-order valence-corrected chi connectivity index (χ4v) is 4.25. The van der Waals surface area contributed by atoms with Crippen LogP contribution in [-0.4, -0.2) is 46.1 Å². The van der Waals surface area contributed by atoms with Gasteiger partial charge in [0, 0.05) is 18.5 Å². The van der Waals surface area contributed by atoms with E-state index in [0.717, 1.165) is 49.6 Å². The number of hydrogen-bond donors (Lipinski definition) is 2. The summed E-state index contributed by atoms with van der Waals surface area (Å²) < 4.78 is 11.6. The van der Waals surface area contributed by atoms with Crippen molar-refractivity contribution in [3.05, 3.63) is 23.4 Å².